The number of hydrogen-bond acceptors (Lipinski definition) is 10. The maximum atomic E-state index is 14.1. The maximum Gasteiger partial charge on any atom is 0.410 e. The molecule has 4 fully saturated rings. The molecule has 0 radical (unpaired) electrons. The van der Waals surface area contributed by atoms with E-state index >= 15 is 0 Å². The van der Waals surface area contributed by atoms with E-state index in [0.29, 0.717) is 50.7 Å². The molecule has 1 amide bonds. The first-order chi connectivity index (χ1) is 19.4. The van der Waals surface area contributed by atoms with E-state index in [1.807, 2.05) is 39.5 Å². The van der Waals surface area contributed by atoms with Crippen LogP contribution in [0.4, 0.5) is 10.6 Å². The monoisotopic (exact) mass is 591 g/mol. The summed E-state index contributed by atoms with van der Waals surface area (Å²) in [6.45, 7) is 11.4. The summed E-state index contributed by atoms with van der Waals surface area (Å²) in [6.07, 6.45) is 5.06. The van der Waals surface area contributed by atoms with Gasteiger partial charge in [0.1, 0.15) is 17.1 Å². The molecule has 5 rings (SSSR count). The van der Waals surface area contributed by atoms with E-state index in [-0.39, 0.29) is 34.9 Å². The van der Waals surface area contributed by atoms with E-state index in [0.717, 1.165) is 32.1 Å². The molecule has 1 N–H and O–H groups in total. The number of hydrogen-bond donors (Lipinski definition) is 1. The number of nitrogens with zero attached hydrogens (tertiary/aromatic N) is 5. The van der Waals surface area contributed by atoms with Crippen molar-refractivity contribution < 1.29 is 29.0 Å². The average Bonchev–Trinajstić information content (AvgIpc) is 3.38. The van der Waals surface area contributed by atoms with Gasteiger partial charge in [0.05, 0.1) is 42.3 Å². The highest BCUT2D eigenvalue weighted by molar-refractivity contribution is 6.28. The molecule has 0 unspecified atom stereocenters. The molecule has 41 heavy (non-hydrogen) atoms. The van der Waals surface area contributed by atoms with Crippen molar-refractivity contribution in [2.45, 2.75) is 103 Å². The molecule has 0 bridgehead atoms. The molecular formula is C29H42ClN5O6. The van der Waals surface area contributed by atoms with E-state index in [1.54, 1.807) is 11.0 Å². The number of halogens is 1. The van der Waals surface area contributed by atoms with Crippen molar-refractivity contribution in [3.8, 4) is 0 Å². The van der Waals surface area contributed by atoms with Crippen molar-refractivity contribution in [3.05, 3.63) is 17.0 Å². The van der Waals surface area contributed by atoms with Crippen molar-refractivity contribution in [2.75, 3.05) is 31.2 Å². The zero-order chi connectivity index (χ0) is 29.6. The van der Waals surface area contributed by atoms with Gasteiger partial charge in [-0.05, 0) is 71.9 Å². The summed E-state index contributed by atoms with van der Waals surface area (Å²) in [5.41, 5.74) is -0.640. The van der Waals surface area contributed by atoms with Crippen LogP contribution in [0, 0.1) is 11.3 Å². The van der Waals surface area contributed by atoms with Gasteiger partial charge in [-0.15, -0.1) is 0 Å². The number of carbonyl (C=O) groups is 2. The minimum absolute atomic E-state index is 0.0367. The zero-order valence-electron chi connectivity index (χ0n) is 24.7. The second-order valence-corrected chi connectivity index (χ2v) is 13.2. The van der Waals surface area contributed by atoms with Gasteiger partial charge in [0.15, 0.2) is 11.6 Å². The average molecular weight is 592 g/mol. The lowest BCUT2D eigenvalue weighted by Gasteiger charge is -2.53. The van der Waals surface area contributed by atoms with Crippen molar-refractivity contribution in [2.24, 2.45) is 16.5 Å². The first-order valence-corrected chi connectivity index (χ1v) is 15.1. The molecule has 1 aromatic rings. The van der Waals surface area contributed by atoms with Gasteiger partial charge >= 0.3 is 6.09 Å². The Morgan fingerprint density at radius 1 is 1.07 bits per heavy atom. The quantitative estimate of drug-likeness (QED) is 0.221. The first kappa shape index (κ1) is 30.0. The van der Waals surface area contributed by atoms with Crippen LogP contribution in [0.25, 0.3) is 0 Å². The topological polar surface area (TPSA) is 127 Å². The molecule has 2 saturated heterocycles. The van der Waals surface area contributed by atoms with Crippen molar-refractivity contribution in [3.63, 3.8) is 0 Å². The smallest absolute Gasteiger partial charge is 0.410 e. The Morgan fingerprint density at radius 2 is 1.71 bits per heavy atom. The van der Waals surface area contributed by atoms with Crippen LogP contribution in [0.15, 0.2) is 11.2 Å². The SMILES string of the molecule is C[C@H]1CN(c2cc(C(=O)[C@@H]3CCC[C@@]4(CCCCC45OCCO5)/C3=N\O)nc(Cl)n2)C[C@H](C)N1C(=O)OC(C)(C)C. The normalized spacial score (nSPS) is 31.2. The predicted octanol–water partition coefficient (Wildman–Crippen LogP) is 5.08. The van der Waals surface area contributed by atoms with Crippen LogP contribution >= 0.6 is 11.6 Å². The minimum Gasteiger partial charge on any atom is -0.444 e. The molecule has 11 nitrogen and oxygen atoms in total. The van der Waals surface area contributed by atoms with Gasteiger partial charge in [-0.3, -0.25) is 9.69 Å². The molecule has 4 aliphatic rings. The fraction of sp³-hybridized carbons (Fsp3) is 0.759. The standard InChI is InChI=1S/C29H42ClN5O6/c1-18-16-34(17-19(2)35(18)26(37)41-27(3,4)5)22-15-21(31-25(30)32-22)23(36)20-9-8-11-28(24(20)33-38)10-6-7-12-29(28)39-13-14-40-29/h15,18-20,38H,6-14,16-17H2,1-5H3/b33-24-/t18-,19-,20-,28-/m0/s1. The minimum atomic E-state index is -0.861. The van der Waals surface area contributed by atoms with Gasteiger partial charge in [-0.1, -0.05) is 18.0 Å². The molecule has 2 spiro atoms. The maximum absolute atomic E-state index is 14.1. The van der Waals surface area contributed by atoms with Crippen LogP contribution in [0.5, 0.6) is 0 Å². The molecule has 12 heteroatoms. The fourth-order valence-corrected chi connectivity index (χ4v) is 7.59. The number of Topliss-reactive ketones (excluding diaryl/α,β-unsaturated/α-hetero) is 1. The van der Waals surface area contributed by atoms with Gasteiger partial charge in [0, 0.05) is 25.6 Å². The molecule has 226 valence electrons. The Kier molecular flexibility index (Phi) is 8.26. The van der Waals surface area contributed by atoms with Crippen LogP contribution in [0.1, 0.15) is 90.1 Å². The summed E-state index contributed by atoms with van der Waals surface area (Å²) in [7, 11) is 0. The second-order valence-electron chi connectivity index (χ2n) is 12.9. The van der Waals surface area contributed by atoms with Gasteiger partial charge in [-0.2, -0.15) is 0 Å². The molecule has 2 aliphatic heterocycles. The number of ether oxygens (including phenoxy) is 3. The van der Waals surface area contributed by atoms with Crippen LogP contribution in [0.2, 0.25) is 5.28 Å². The summed E-state index contributed by atoms with van der Waals surface area (Å²) in [5, 5.41) is 14.1. The number of carbonyl (C=O) groups excluding carboxylic acids is 2. The third-order valence-electron chi connectivity index (χ3n) is 8.97. The van der Waals surface area contributed by atoms with Gasteiger partial charge in [0.25, 0.3) is 0 Å². The van der Waals surface area contributed by atoms with Crippen molar-refractivity contribution in [1.82, 2.24) is 14.9 Å². The Labute approximate surface area is 246 Å². The lowest BCUT2D eigenvalue weighted by molar-refractivity contribution is -0.238. The number of rotatable bonds is 3. The zero-order valence-corrected chi connectivity index (χ0v) is 25.4. The molecule has 2 aliphatic carbocycles. The lowest BCUT2D eigenvalue weighted by Crippen LogP contribution is -2.60. The van der Waals surface area contributed by atoms with E-state index in [1.165, 1.54) is 0 Å². The molecule has 4 atom stereocenters. The predicted molar refractivity (Wildman–Crippen MR) is 153 cm³/mol. The number of piperazine rings is 1. The van der Waals surface area contributed by atoms with E-state index in [2.05, 4.69) is 15.1 Å². The summed E-state index contributed by atoms with van der Waals surface area (Å²) >= 11 is 6.38. The summed E-state index contributed by atoms with van der Waals surface area (Å²) in [4.78, 5) is 39.5. The highest BCUT2D eigenvalue weighted by atomic mass is 35.5. The third kappa shape index (κ3) is 5.52. The number of oxime groups is 1. The largest absolute Gasteiger partial charge is 0.444 e. The van der Waals surface area contributed by atoms with Crippen molar-refractivity contribution >= 4 is 35.0 Å². The van der Waals surface area contributed by atoms with E-state index in [9.17, 15) is 14.8 Å². The highest BCUT2D eigenvalue weighted by Gasteiger charge is 2.62. The Bertz CT molecular complexity index is 1180. The molecule has 0 aromatic carbocycles. The van der Waals surface area contributed by atoms with Crippen LogP contribution < -0.4 is 4.90 Å². The highest BCUT2D eigenvalue weighted by Crippen LogP contribution is 2.57. The lowest BCUT2D eigenvalue weighted by atomic mass is 9.57. The number of ketones is 1. The molecule has 2 saturated carbocycles. The second kappa shape index (κ2) is 11.3. The fourth-order valence-electron chi connectivity index (χ4n) is 7.41. The summed E-state index contributed by atoms with van der Waals surface area (Å²) < 4.78 is 18.1. The number of fused-ring (bicyclic) bond motifs is 1. The summed E-state index contributed by atoms with van der Waals surface area (Å²) in [6, 6.07) is 1.33. The van der Waals surface area contributed by atoms with Gasteiger partial charge in [0.2, 0.25) is 5.28 Å². The number of amides is 1. The Balaban J connectivity index is 1.39. The van der Waals surface area contributed by atoms with Gasteiger partial charge < -0.3 is 24.3 Å². The van der Waals surface area contributed by atoms with E-state index < -0.39 is 22.7 Å². The number of anilines is 1. The molecule has 3 heterocycles. The summed E-state index contributed by atoms with van der Waals surface area (Å²) in [5.74, 6) is -1.27. The first-order valence-electron chi connectivity index (χ1n) is 14.7. The van der Waals surface area contributed by atoms with Crippen LogP contribution in [-0.2, 0) is 14.2 Å². The molecule has 1 aromatic heterocycles. The van der Waals surface area contributed by atoms with Crippen molar-refractivity contribution in [1.29, 1.82) is 0 Å². The van der Waals surface area contributed by atoms with E-state index in [4.69, 9.17) is 25.8 Å². The van der Waals surface area contributed by atoms with Crippen LogP contribution in [0.3, 0.4) is 0 Å². The Hall–Kier alpha value is -2.50. The third-order valence-corrected chi connectivity index (χ3v) is 9.14. The van der Waals surface area contributed by atoms with Gasteiger partial charge in [-0.25, -0.2) is 14.8 Å². The van der Waals surface area contributed by atoms with Crippen LogP contribution in [-0.4, -0.2) is 87.4 Å². The number of aromatic nitrogens is 2. The Morgan fingerprint density at radius 3 is 2.34 bits per heavy atom. The molecular weight excluding hydrogens is 550 g/mol.